The molecule has 3 rings (SSSR count). The average Bonchev–Trinajstić information content (AvgIpc) is 2.66. The van der Waals surface area contributed by atoms with Crippen molar-refractivity contribution in [3.8, 4) is 5.75 Å². The van der Waals surface area contributed by atoms with Crippen molar-refractivity contribution in [2.75, 3.05) is 17.2 Å². The van der Waals surface area contributed by atoms with Crippen molar-refractivity contribution in [3.05, 3.63) is 72.3 Å². The van der Waals surface area contributed by atoms with Gasteiger partial charge in [-0.1, -0.05) is 0 Å². The molecule has 1 aromatic heterocycles. The highest BCUT2D eigenvalue weighted by Crippen LogP contribution is 2.18. The maximum atomic E-state index is 12.9. The first kappa shape index (κ1) is 17.3. The molecule has 26 heavy (non-hydrogen) atoms. The van der Waals surface area contributed by atoms with Crippen LogP contribution in [0.2, 0.25) is 0 Å². The van der Waals surface area contributed by atoms with Crippen molar-refractivity contribution in [1.82, 2.24) is 9.97 Å². The third-order valence-electron chi connectivity index (χ3n) is 3.41. The summed E-state index contributed by atoms with van der Waals surface area (Å²) in [5.41, 5.74) is 1.44. The Morgan fingerprint density at radius 3 is 2.42 bits per heavy atom. The number of hydrogen-bond donors (Lipinski definition) is 2. The summed E-state index contributed by atoms with van der Waals surface area (Å²) in [6, 6.07) is 14.3. The van der Waals surface area contributed by atoms with E-state index in [1.165, 1.54) is 36.5 Å². The Balaban J connectivity index is 1.69. The maximum Gasteiger partial charge on any atom is 0.274 e. The van der Waals surface area contributed by atoms with Gasteiger partial charge in [-0.15, -0.1) is 0 Å². The molecule has 0 atom stereocenters. The molecule has 0 saturated carbocycles. The molecule has 0 saturated heterocycles. The zero-order chi connectivity index (χ0) is 18.4. The van der Waals surface area contributed by atoms with E-state index in [1.807, 2.05) is 31.2 Å². The molecular formula is C19H17FN4O2. The molecule has 0 bridgehead atoms. The highest BCUT2D eigenvalue weighted by Gasteiger charge is 2.09. The lowest BCUT2D eigenvalue weighted by molar-refractivity contribution is 0.102. The number of amides is 1. The SMILES string of the molecule is CCOc1ccc(Nc2nccc(C(=O)Nc3ccc(F)cc3)n2)cc1. The van der Waals surface area contributed by atoms with Crippen molar-refractivity contribution in [2.45, 2.75) is 6.92 Å². The molecule has 132 valence electrons. The third kappa shape index (κ3) is 4.54. The van der Waals surface area contributed by atoms with Crippen LogP contribution in [0.5, 0.6) is 5.75 Å². The molecular weight excluding hydrogens is 335 g/mol. The number of benzene rings is 2. The van der Waals surface area contributed by atoms with Gasteiger partial charge in [0.15, 0.2) is 0 Å². The standard InChI is InChI=1S/C19H17FN4O2/c1-2-26-16-9-7-15(8-10-16)23-19-21-12-11-17(24-19)18(25)22-14-5-3-13(20)4-6-14/h3-12H,2H2,1H3,(H,22,25)(H,21,23,24). The maximum absolute atomic E-state index is 12.9. The van der Waals surface area contributed by atoms with Crippen LogP contribution >= 0.6 is 0 Å². The molecule has 3 aromatic rings. The van der Waals surface area contributed by atoms with Crippen molar-refractivity contribution in [2.24, 2.45) is 0 Å². The van der Waals surface area contributed by atoms with Gasteiger partial charge in [0.1, 0.15) is 17.3 Å². The molecule has 0 spiro atoms. The van der Waals surface area contributed by atoms with Crippen LogP contribution in [0.15, 0.2) is 60.8 Å². The summed E-state index contributed by atoms with van der Waals surface area (Å²) in [6.45, 7) is 2.52. The van der Waals surface area contributed by atoms with E-state index in [4.69, 9.17) is 4.74 Å². The van der Waals surface area contributed by atoms with Crippen molar-refractivity contribution < 1.29 is 13.9 Å². The normalized spacial score (nSPS) is 10.2. The molecule has 7 heteroatoms. The van der Waals surface area contributed by atoms with Gasteiger partial charge in [0.2, 0.25) is 5.95 Å². The largest absolute Gasteiger partial charge is 0.494 e. The minimum atomic E-state index is -0.409. The van der Waals surface area contributed by atoms with E-state index in [2.05, 4.69) is 20.6 Å². The molecule has 0 aliphatic carbocycles. The summed E-state index contributed by atoms with van der Waals surface area (Å²) < 4.78 is 18.3. The Kier molecular flexibility index (Phi) is 5.38. The lowest BCUT2D eigenvalue weighted by Crippen LogP contribution is -2.14. The first-order valence-corrected chi connectivity index (χ1v) is 8.04. The number of hydrogen-bond acceptors (Lipinski definition) is 5. The fourth-order valence-electron chi connectivity index (χ4n) is 2.20. The number of nitrogens with zero attached hydrogens (tertiary/aromatic N) is 2. The Bertz CT molecular complexity index is 883. The molecule has 2 N–H and O–H groups in total. The predicted molar refractivity (Wildman–Crippen MR) is 97.3 cm³/mol. The van der Waals surface area contributed by atoms with Gasteiger partial charge in [0.05, 0.1) is 6.61 Å². The number of nitrogens with one attached hydrogen (secondary N) is 2. The van der Waals surface area contributed by atoms with E-state index in [1.54, 1.807) is 0 Å². The molecule has 0 radical (unpaired) electrons. The van der Waals surface area contributed by atoms with Gasteiger partial charge < -0.3 is 15.4 Å². The van der Waals surface area contributed by atoms with Crippen LogP contribution in [0.4, 0.5) is 21.7 Å². The van der Waals surface area contributed by atoms with Gasteiger partial charge in [-0.3, -0.25) is 4.79 Å². The van der Waals surface area contributed by atoms with Crippen LogP contribution in [-0.2, 0) is 0 Å². The van der Waals surface area contributed by atoms with E-state index in [-0.39, 0.29) is 11.5 Å². The number of ether oxygens (including phenoxy) is 1. The quantitative estimate of drug-likeness (QED) is 0.701. The van der Waals surface area contributed by atoms with Gasteiger partial charge in [-0.05, 0) is 61.5 Å². The van der Waals surface area contributed by atoms with Crippen molar-refractivity contribution >= 4 is 23.2 Å². The first-order valence-electron chi connectivity index (χ1n) is 8.04. The summed E-state index contributed by atoms with van der Waals surface area (Å²) in [5, 5.41) is 5.69. The zero-order valence-corrected chi connectivity index (χ0v) is 14.1. The number of aromatic nitrogens is 2. The second-order valence-electron chi connectivity index (χ2n) is 5.31. The van der Waals surface area contributed by atoms with Crippen LogP contribution in [0.1, 0.15) is 17.4 Å². The molecule has 2 aromatic carbocycles. The second-order valence-corrected chi connectivity index (χ2v) is 5.31. The average molecular weight is 352 g/mol. The van der Waals surface area contributed by atoms with Crippen LogP contribution in [0.25, 0.3) is 0 Å². The van der Waals surface area contributed by atoms with Crippen molar-refractivity contribution in [3.63, 3.8) is 0 Å². The fraction of sp³-hybridized carbons (Fsp3) is 0.105. The number of anilines is 3. The van der Waals surface area contributed by atoms with Crippen molar-refractivity contribution in [1.29, 1.82) is 0 Å². The smallest absolute Gasteiger partial charge is 0.274 e. The number of carbonyl (C=O) groups is 1. The molecule has 6 nitrogen and oxygen atoms in total. The summed E-state index contributed by atoms with van der Waals surface area (Å²) in [7, 11) is 0. The Morgan fingerprint density at radius 1 is 1.04 bits per heavy atom. The van der Waals surface area contributed by atoms with E-state index in [0.717, 1.165) is 11.4 Å². The topological polar surface area (TPSA) is 76.1 Å². The van der Waals surface area contributed by atoms with Gasteiger partial charge in [-0.2, -0.15) is 0 Å². The van der Waals surface area contributed by atoms with Crippen LogP contribution in [-0.4, -0.2) is 22.5 Å². The fourth-order valence-corrected chi connectivity index (χ4v) is 2.20. The molecule has 0 aliphatic rings. The van der Waals surface area contributed by atoms with E-state index < -0.39 is 5.91 Å². The minimum Gasteiger partial charge on any atom is -0.494 e. The van der Waals surface area contributed by atoms with Crippen LogP contribution in [0, 0.1) is 5.82 Å². The monoisotopic (exact) mass is 352 g/mol. The Hall–Kier alpha value is -3.48. The lowest BCUT2D eigenvalue weighted by atomic mass is 10.3. The van der Waals surface area contributed by atoms with Gasteiger partial charge >= 0.3 is 0 Å². The summed E-state index contributed by atoms with van der Waals surface area (Å²) in [4.78, 5) is 20.6. The third-order valence-corrected chi connectivity index (χ3v) is 3.41. The molecule has 0 fully saturated rings. The summed E-state index contributed by atoms with van der Waals surface area (Å²) in [6.07, 6.45) is 1.49. The van der Waals surface area contributed by atoms with Crippen LogP contribution in [0.3, 0.4) is 0 Å². The summed E-state index contributed by atoms with van der Waals surface area (Å²) >= 11 is 0. The van der Waals surface area contributed by atoms with E-state index in [0.29, 0.717) is 18.2 Å². The van der Waals surface area contributed by atoms with Gasteiger partial charge in [0, 0.05) is 17.6 Å². The molecule has 0 aliphatic heterocycles. The second kappa shape index (κ2) is 8.06. The molecule has 0 unspecified atom stereocenters. The Morgan fingerprint density at radius 2 is 1.73 bits per heavy atom. The number of carbonyl (C=O) groups excluding carboxylic acids is 1. The zero-order valence-electron chi connectivity index (χ0n) is 14.1. The number of rotatable bonds is 6. The first-order chi connectivity index (χ1) is 12.6. The molecule has 1 amide bonds. The molecule has 1 heterocycles. The van der Waals surface area contributed by atoms with Gasteiger partial charge in [0.25, 0.3) is 5.91 Å². The Labute approximate surface area is 150 Å². The van der Waals surface area contributed by atoms with E-state index >= 15 is 0 Å². The lowest BCUT2D eigenvalue weighted by Gasteiger charge is -2.08. The predicted octanol–water partition coefficient (Wildman–Crippen LogP) is 4.01. The summed E-state index contributed by atoms with van der Waals surface area (Å²) in [5.74, 6) is 0.285. The highest BCUT2D eigenvalue weighted by atomic mass is 19.1. The van der Waals surface area contributed by atoms with Crippen LogP contribution < -0.4 is 15.4 Å². The minimum absolute atomic E-state index is 0.192. The highest BCUT2D eigenvalue weighted by molar-refractivity contribution is 6.02. The van der Waals surface area contributed by atoms with E-state index in [9.17, 15) is 9.18 Å². The van der Waals surface area contributed by atoms with Gasteiger partial charge in [-0.25, -0.2) is 14.4 Å². The number of halogens is 1.